The summed E-state index contributed by atoms with van der Waals surface area (Å²) in [7, 11) is -3.48. The zero-order valence-electron chi connectivity index (χ0n) is 11.5. The number of sulfonamides is 1. The van der Waals surface area contributed by atoms with Crippen molar-refractivity contribution in [3.05, 3.63) is 17.0 Å². The van der Waals surface area contributed by atoms with Gasteiger partial charge in [-0.15, -0.1) is 11.3 Å². The summed E-state index contributed by atoms with van der Waals surface area (Å²) in [5, 5.41) is 8.73. The maximum absolute atomic E-state index is 12.1. The molecule has 0 spiro atoms. The van der Waals surface area contributed by atoms with Crippen molar-refractivity contribution >= 4 is 21.4 Å². The highest BCUT2D eigenvalue weighted by atomic mass is 32.2. The summed E-state index contributed by atoms with van der Waals surface area (Å²) in [5.41, 5.74) is 0. The third-order valence-corrected chi connectivity index (χ3v) is 6.25. The van der Waals surface area contributed by atoms with Crippen LogP contribution < -0.4 is 4.72 Å². The first kappa shape index (κ1) is 15.4. The van der Waals surface area contributed by atoms with Gasteiger partial charge in [-0.2, -0.15) is 5.26 Å². The summed E-state index contributed by atoms with van der Waals surface area (Å²) in [6.07, 6.45) is 2.48. The lowest BCUT2D eigenvalue weighted by Crippen LogP contribution is -2.34. The van der Waals surface area contributed by atoms with Crippen molar-refractivity contribution in [1.29, 1.82) is 5.26 Å². The van der Waals surface area contributed by atoms with E-state index in [1.165, 1.54) is 25.0 Å². The van der Waals surface area contributed by atoms with E-state index in [1.807, 2.05) is 6.07 Å². The van der Waals surface area contributed by atoms with E-state index in [9.17, 15) is 8.42 Å². The van der Waals surface area contributed by atoms with Crippen LogP contribution in [0, 0.1) is 17.2 Å². The van der Waals surface area contributed by atoms with Crippen molar-refractivity contribution in [2.75, 3.05) is 26.2 Å². The van der Waals surface area contributed by atoms with E-state index in [-0.39, 0.29) is 10.1 Å². The average molecular weight is 313 g/mol. The Balaban J connectivity index is 1.87. The van der Waals surface area contributed by atoms with E-state index in [0.29, 0.717) is 11.4 Å². The van der Waals surface area contributed by atoms with Crippen LogP contribution in [0.2, 0.25) is 0 Å². The van der Waals surface area contributed by atoms with Gasteiger partial charge in [-0.1, -0.05) is 6.92 Å². The second-order valence-electron chi connectivity index (χ2n) is 5.20. The van der Waals surface area contributed by atoms with Gasteiger partial charge in [0.1, 0.15) is 15.2 Å². The molecule has 0 bridgehead atoms. The SMILES string of the molecule is CC(CNS(=O)(=O)c1ccc(C#N)s1)CN1CCCC1. The molecule has 2 heterocycles. The fourth-order valence-electron chi connectivity index (χ4n) is 2.32. The standard InChI is InChI=1S/C13H19N3O2S2/c1-11(10-16-6-2-3-7-16)9-15-20(17,18)13-5-4-12(8-14)19-13/h4-5,11,15H,2-3,6-7,9-10H2,1H3. The van der Waals surface area contributed by atoms with E-state index in [1.54, 1.807) is 0 Å². The summed E-state index contributed by atoms with van der Waals surface area (Å²) in [6, 6.07) is 4.97. The van der Waals surface area contributed by atoms with E-state index < -0.39 is 10.0 Å². The zero-order chi connectivity index (χ0) is 14.6. The first-order chi connectivity index (χ1) is 9.51. The number of hydrogen-bond acceptors (Lipinski definition) is 5. The highest BCUT2D eigenvalue weighted by molar-refractivity contribution is 7.91. The van der Waals surface area contributed by atoms with E-state index in [0.717, 1.165) is 31.0 Å². The molecule has 1 N–H and O–H groups in total. The molecule has 110 valence electrons. The topological polar surface area (TPSA) is 73.2 Å². The Morgan fingerprint density at radius 1 is 1.45 bits per heavy atom. The van der Waals surface area contributed by atoms with Gasteiger partial charge in [0, 0.05) is 13.1 Å². The maximum Gasteiger partial charge on any atom is 0.250 e. The summed E-state index contributed by atoms with van der Waals surface area (Å²) in [4.78, 5) is 2.79. The third-order valence-electron chi connectivity index (χ3n) is 3.35. The Morgan fingerprint density at radius 3 is 2.75 bits per heavy atom. The minimum Gasteiger partial charge on any atom is -0.303 e. The second kappa shape index (κ2) is 6.68. The molecule has 1 aromatic rings. The summed E-state index contributed by atoms with van der Waals surface area (Å²) >= 11 is 1.00. The van der Waals surface area contributed by atoms with Gasteiger partial charge in [-0.25, -0.2) is 13.1 Å². The average Bonchev–Trinajstić information content (AvgIpc) is 3.07. The molecule has 0 aliphatic carbocycles. The van der Waals surface area contributed by atoms with Crippen molar-refractivity contribution in [2.45, 2.75) is 24.0 Å². The van der Waals surface area contributed by atoms with Gasteiger partial charge in [0.25, 0.3) is 0 Å². The van der Waals surface area contributed by atoms with E-state index in [4.69, 9.17) is 5.26 Å². The molecule has 1 unspecified atom stereocenters. The van der Waals surface area contributed by atoms with Crippen LogP contribution in [0.3, 0.4) is 0 Å². The lowest BCUT2D eigenvalue weighted by Gasteiger charge is -2.20. The molecule has 0 radical (unpaired) electrons. The van der Waals surface area contributed by atoms with Crippen molar-refractivity contribution in [3.63, 3.8) is 0 Å². The third kappa shape index (κ3) is 4.03. The molecule has 0 saturated carbocycles. The maximum atomic E-state index is 12.1. The van der Waals surface area contributed by atoms with Crippen LogP contribution >= 0.6 is 11.3 Å². The Labute approximate surface area is 124 Å². The van der Waals surface area contributed by atoms with Gasteiger partial charge < -0.3 is 4.90 Å². The molecule has 1 aliphatic heterocycles. The number of thiophene rings is 1. The molecule has 1 fully saturated rings. The number of nitriles is 1. The summed E-state index contributed by atoms with van der Waals surface area (Å²) in [5.74, 6) is 0.276. The van der Waals surface area contributed by atoms with Gasteiger partial charge in [0.2, 0.25) is 10.0 Å². The molecule has 0 aromatic carbocycles. The van der Waals surface area contributed by atoms with Gasteiger partial charge in [-0.3, -0.25) is 0 Å². The Hall–Kier alpha value is -0.940. The fourth-order valence-corrected chi connectivity index (χ4v) is 4.63. The smallest absolute Gasteiger partial charge is 0.250 e. The van der Waals surface area contributed by atoms with Crippen LogP contribution in [-0.4, -0.2) is 39.5 Å². The molecule has 1 aliphatic rings. The molecular weight excluding hydrogens is 294 g/mol. The van der Waals surface area contributed by atoms with Crippen LogP contribution in [-0.2, 0) is 10.0 Å². The fraction of sp³-hybridized carbons (Fsp3) is 0.615. The van der Waals surface area contributed by atoms with Crippen molar-refractivity contribution in [2.24, 2.45) is 5.92 Å². The van der Waals surface area contributed by atoms with Crippen LogP contribution in [0.1, 0.15) is 24.6 Å². The van der Waals surface area contributed by atoms with Gasteiger partial charge in [0.05, 0.1) is 0 Å². The van der Waals surface area contributed by atoms with Crippen LogP contribution in [0.25, 0.3) is 0 Å². The van der Waals surface area contributed by atoms with Crippen LogP contribution in [0.4, 0.5) is 0 Å². The zero-order valence-corrected chi connectivity index (χ0v) is 13.1. The molecule has 5 nitrogen and oxygen atoms in total. The highest BCUT2D eigenvalue weighted by Gasteiger charge is 2.19. The van der Waals surface area contributed by atoms with Gasteiger partial charge in [-0.05, 0) is 44.0 Å². The molecule has 1 saturated heterocycles. The van der Waals surface area contributed by atoms with Crippen molar-refractivity contribution in [1.82, 2.24) is 9.62 Å². The summed E-state index contributed by atoms with van der Waals surface area (Å²) < 4.78 is 27.0. The van der Waals surface area contributed by atoms with Crippen molar-refractivity contribution in [3.8, 4) is 6.07 Å². The molecule has 0 amide bonds. The summed E-state index contributed by atoms with van der Waals surface area (Å²) in [6.45, 7) is 5.64. The number of nitrogens with zero attached hydrogens (tertiary/aromatic N) is 2. The number of rotatable bonds is 6. The molecule has 7 heteroatoms. The molecule has 20 heavy (non-hydrogen) atoms. The Kier molecular flexibility index (Phi) is 5.16. The number of nitrogens with one attached hydrogen (secondary N) is 1. The van der Waals surface area contributed by atoms with Crippen LogP contribution in [0.5, 0.6) is 0 Å². The Morgan fingerprint density at radius 2 is 2.15 bits per heavy atom. The number of hydrogen-bond donors (Lipinski definition) is 1. The lowest BCUT2D eigenvalue weighted by atomic mass is 10.2. The molecule has 2 rings (SSSR count). The predicted molar refractivity (Wildman–Crippen MR) is 79.1 cm³/mol. The second-order valence-corrected chi connectivity index (χ2v) is 8.27. The first-order valence-corrected chi connectivity index (χ1v) is 9.03. The first-order valence-electron chi connectivity index (χ1n) is 6.73. The monoisotopic (exact) mass is 313 g/mol. The lowest BCUT2D eigenvalue weighted by molar-refractivity contribution is 0.288. The molecule has 1 aromatic heterocycles. The molecule has 1 atom stereocenters. The minimum atomic E-state index is -3.48. The van der Waals surface area contributed by atoms with Crippen molar-refractivity contribution < 1.29 is 8.42 Å². The number of likely N-dealkylation sites (tertiary alicyclic amines) is 1. The van der Waals surface area contributed by atoms with Gasteiger partial charge in [0.15, 0.2) is 0 Å². The van der Waals surface area contributed by atoms with E-state index >= 15 is 0 Å². The minimum absolute atomic E-state index is 0.211. The highest BCUT2D eigenvalue weighted by Crippen LogP contribution is 2.20. The largest absolute Gasteiger partial charge is 0.303 e. The molecular formula is C13H19N3O2S2. The van der Waals surface area contributed by atoms with Crippen LogP contribution in [0.15, 0.2) is 16.3 Å². The van der Waals surface area contributed by atoms with E-state index in [2.05, 4.69) is 16.5 Å². The Bertz CT molecular complexity index is 583. The normalized spacial score (nSPS) is 18.0. The van der Waals surface area contributed by atoms with Gasteiger partial charge >= 0.3 is 0 Å². The predicted octanol–water partition coefficient (Wildman–Crippen LogP) is 1.63. The quantitative estimate of drug-likeness (QED) is 0.866.